The zero-order valence-electron chi connectivity index (χ0n) is 12.7. The van der Waals surface area contributed by atoms with Crippen molar-refractivity contribution < 1.29 is 9.90 Å². The van der Waals surface area contributed by atoms with Crippen LogP contribution in [0.3, 0.4) is 0 Å². The summed E-state index contributed by atoms with van der Waals surface area (Å²) in [6.07, 6.45) is 0. The van der Waals surface area contributed by atoms with Crippen LogP contribution < -0.4 is 10.6 Å². The molecule has 3 N–H and O–H groups in total. The lowest BCUT2D eigenvalue weighted by Gasteiger charge is -2.19. The van der Waals surface area contributed by atoms with Crippen LogP contribution in [-0.4, -0.2) is 47.8 Å². The second kappa shape index (κ2) is 7.43. The summed E-state index contributed by atoms with van der Waals surface area (Å²) < 4.78 is 0. The van der Waals surface area contributed by atoms with E-state index in [1.165, 1.54) is 5.56 Å². The largest absolute Gasteiger partial charge is 0.394 e. The van der Waals surface area contributed by atoms with Crippen LogP contribution in [-0.2, 0) is 6.54 Å². The zero-order valence-corrected chi connectivity index (χ0v) is 12.7. The Hall–Kier alpha value is -1.59. The van der Waals surface area contributed by atoms with E-state index in [9.17, 15) is 4.79 Å². The van der Waals surface area contributed by atoms with Crippen LogP contribution in [0.15, 0.2) is 30.3 Å². The Morgan fingerprint density at radius 2 is 2.10 bits per heavy atom. The number of urea groups is 1. The van der Waals surface area contributed by atoms with E-state index < -0.39 is 0 Å². The summed E-state index contributed by atoms with van der Waals surface area (Å²) in [7, 11) is 0. The normalized spacial score (nSPS) is 23.8. The summed E-state index contributed by atoms with van der Waals surface area (Å²) in [6.45, 7) is 6.64. The van der Waals surface area contributed by atoms with Gasteiger partial charge >= 0.3 is 6.03 Å². The summed E-state index contributed by atoms with van der Waals surface area (Å²) in [5.74, 6) is 0.420. The van der Waals surface area contributed by atoms with Gasteiger partial charge < -0.3 is 15.7 Å². The number of nitrogens with one attached hydrogen (secondary N) is 2. The monoisotopic (exact) mass is 291 g/mol. The van der Waals surface area contributed by atoms with Crippen molar-refractivity contribution in [3.8, 4) is 0 Å². The smallest absolute Gasteiger partial charge is 0.315 e. The number of aliphatic hydroxyl groups excluding tert-OH is 1. The van der Waals surface area contributed by atoms with E-state index in [1.54, 1.807) is 6.92 Å². The second-order valence-corrected chi connectivity index (χ2v) is 5.96. The van der Waals surface area contributed by atoms with Gasteiger partial charge in [0.25, 0.3) is 0 Å². The van der Waals surface area contributed by atoms with E-state index in [0.717, 1.165) is 19.6 Å². The number of carbonyl (C=O) groups is 1. The van der Waals surface area contributed by atoms with Crippen molar-refractivity contribution in [2.45, 2.75) is 32.5 Å². The molecule has 0 unspecified atom stereocenters. The van der Waals surface area contributed by atoms with Gasteiger partial charge in [-0.05, 0) is 18.4 Å². The van der Waals surface area contributed by atoms with Gasteiger partial charge in [0.15, 0.2) is 0 Å². The molecule has 5 heteroatoms. The van der Waals surface area contributed by atoms with Gasteiger partial charge in [0.05, 0.1) is 12.6 Å². The van der Waals surface area contributed by atoms with Crippen molar-refractivity contribution in [3.63, 3.8) is 0 Å². The molecule has 116 valence electrons. The Bertz CT molecular complexity index is 452. The predicted octanol–water partition coefficient (Wildman–Crippen LogP) is 1.19. The Kier molecular flexibility index (Phi) is 5.59. The molecule has 2 amide bonds. The molecule has 0 aromatic heterocycles. The Morgan fingerprint density at radius 1 is 1.38 bits per heavy atom. The SMILES string of the molecule is C[C@@H]1CN(Cc2ccccc2)C[C@@H]1NC(=O)N[C@@H](C)CO. The first-order chi connectivity index (χ1) is 10.1. The molecule has 1 aliphatic heterocycles. The van der Waals surface area contributed by atoms with Gasteiger partial charge in [-0.15, -0.1) is 0 Å². The minimum atomic E-state index is -0.220. The molecule has 1 aromatic carbocycles. The first kappa shape index (κ1) is 15.8. The molecule has 0 aliphatic carbocycles. The summed E-state index contributed by atoms with van der Waals surface area (Å²) in [4.78, 5) is 14.2. The van der Waals surface area contributed by atoms with E-state index in [-0.39, 0.29) is 24.7 Å². The van der Waals surface area contributed by atoms with E-state index in [1.807, 2.05) is 18.2 Å². The number of carbonyl (C=O) groups excluding carboxylic acids is 1. The maximum Gasteiger partial charge on any atom is 0.315 e. The zero-order chi connectivity index (χ0) is 15.2. The van der Waals surface area contributed by atoms with Crippen LogP contribution in [0.4, 0.5) is 4.79 Å². The summed E-state index contributed by atoms with van der Waals surface area (Å²) in [5.41, 5.74) is 1.30. The van der Waals surface area contributed by atoms with Crippen LogP contribution >= 0.6 is 0 Å². The average molecular weight is 291 g/mol. The van der Waals surface area contributed by atoms with Crippen molar-refractivity contribution in [3.05, 3.63) is 35.9 Å². The van der Waals surface area contributed by atoms with Gasteiger partial charge in [-0.3, -0.25) is 4.90 Å². The van der Waals surface area contributed by atoms with Crippen LogP contribution in [0.1, 0.15) is 19.4 Å². The molecule has 2 rings (SSSR count). The number of hydrogen-bond donors (Lipinski definition) is 3. The van der Waals surface area contributed by atoms with E-state index in [0.29, 0.717) is 5.92 Å². The molecule has 5 nitrogen and oxygen atoms in total. The number of amides is 2. The summed E-state index contributed by atoms with van der Waals surface area (Å²) >= 11 is 0. The first-order valence-corrected chi connectivity index (χ1v) is 7.52. The molecule has 0 bridgehead atoms. The number of benzene rings is 1. The molecule has 1 fully saturated rings. The molecule has 0 saturated carbocycles. The number of hydrogen-bond acceptors (Lipinski definition) is 3. The van der Waals surface area contributed by atoms with Crippen molar-refractivity contribution in [1.82, 2.24) is 15.5 Å². The summed E-state index contributed by atoms with van der Waals surface area (Å²) in [5, 5.41) is 14.7. The molecule has 1 heterocycles. The third-order valence-corrected chi connectivity index (χ3v) is 3.90. The number of aliphatic hydroxyl groups is 1. The molecule has 1 aromatic rings. The maximum atomic E-state index is 11.8. The predicted molar refractivity (Wildman–Crippen MR) is 82.9 cm³/mol. The highest BCUT2D eigenvalue weighted by atomic mass is 16.3. The number of rotatable bonds is 5. The van der Waals surface area contributed by atoms with Crippen molar-refractivity contribution >= 4 is 6.03 Å². The first-order valence-electron chi connectivity index (χ1n) is 7.52. The van der Waals surface area contributed by atoms with Gasteiger partial charge in [0.2, 0.25) is 0 Å². The third kappa shape index (κ3) is 4.72. The molecule has 0 spiro atoms. The van der Waals surface area contributed by atoms with Crippen LogP contribution in [0.25, 0.3) is 0 Å². The van der Waals surface area contributed by atoms with Gasteiger partial charge in [-0.1, -0.05) is 37.3 Å². The fraction of sp³-hybridized carbons (Fsp3) is 0.562. The number of likely N-dealkylation sites (tertiary alicyclic amines) is 1. The van der Waals surface area contributed by atoms with Gasteiger partial charge in [-0.2, -0.15) is 0 Å². The molecule has 3 atom stereocenters. The fourth-order valence-corrected chi connectivity index (χ4v) is 2.71. The average Bonchev–Trinajstić information content (AvgIpc) is 2.79. The highest BCUT2D eigenvalue weighted by molar-refractivity contribution is 5.74. The third-order valence-electron chi connectivity index (χ3n) is 3.90. The van der Waals surface area contributed by atoms with Crippen molar-refractivity contribution in [1.29, 1.82) is 0 Å². The second-order valence-electron chi connectivity index (χ2n) is 5.96. The minimum Gasteiger partial charge on any atom is -0.394 e. The number of nitrogens with zero attached hydrogens (tertiary/aromatic N) is 1. The summed E-state index contributed by atoms with van der Waals surface area (Å²) in [6, 6.07) is 10.1. The molecular formula is C16H25N3O2. The quantitative estimate of drug-likeness (QED) is 0.763. The molecule has 1 aliphatic rings. The van der Waals surface area contributed by atoms with Gasteiger partial charge in [0.1, 0.15) is 0 Å². The van der Waals surface area contributed by atoms with Gasteiger partial charge in [0, 0.05) is 25.7 Å². The topological polar surface area (TPSA) is 64.6 Å². The Balaban J connectivity index is 1.82. The molecule has 21 heavy (non-hydrogen) atoms. The maximum absolute atomic E-state index is 11.8. The highest BCUT2D eigenvalue weighted by Crippen LogP contribution is 2.18. The molecular weight excluding hydrogens is 266 g/mol. The Labute approximate surface area is 126 Å². The minimum absolute atomic E-state index is 0.0478. The Morgan fingerprint density at radius 3 is 2.76 bits per heavy atom. The van der Waals surface area contributed by atoms with E-state index in [2.05, 4.69) is 34.6 Å². The molecule has 1 saturated heterocycles. The lowest BCUT2D eigenvalue weighted by Crippen LogP contribution is -2.48. The lowest BCUT2D eigenvalue weighted by atomic mass is 10.1. The van der Waals surface area contributed by atoms with Crippen molar-refractivity contribution in [2.24, 2.45) is 5.92 Å². The molecule has 0 radical (unpaired) electrons. The van der Waals surface area contributed by atoms with Crippen LogP contribution in [0.2, 0.25) is 0 Å². The fourth-order valence-electron chi connectivity index (χ4n) is 2.71. The lowest BCUT2D eigenvalue weighted by molar-refractivity contribution is 0.216. The van der Waals surface area contributed by atoms with E-state index in [4.69, 9.17) is 5.11 Å². The van der Waals surface area contributed by atoms with Crippen molar-refractivity contribution in [2.75, 3.05) is 19.7 Å². The van der Waals surface area contributed by atoms with E-state index >= 15 is 0 Å². The van der Waals surface area contributed by atoms with Crippen LogP contribution in [0.5, 0.6) is 0 Å². The van der Waals surface area contributed by atoms with Gasteiger partial charge in [-0.25, -0.2) is 4.79 Å². The van der Waals surface area contributed by atoms with Crippen LogP contribution in [0, 0.1) is 5.92 Å². The highest BCUT2D eigenvalue weighted by Gasteiger charge is 2.30. The standard InChI is InChI=1S/C16H25N3O2/c1-12-8-19(9-14-6-4-3-5-7-14)10-15(12)18-16(21)17-13(2)11-20/h3-7,12-13,15,20H,8-11H2,1-2H3,(H2,17,18,21)/t12-,13+,15+/m1/s1.